The van der Waals surface area contributed by atoms with E-state index < -0.39 is 12.4 Å². The molecule has 2 rings (SSSR count). The van der Waals surface area contributed by atoms with Crippen molar-refractivity contribution < 1.29 is 28.2 Å². The molecule has 1 aliphatic carbocycles. The molecule has 21 heavy (non-hydrogen) atoms. The lowest BCUT2D eigenvalue weighted by molar-refractivity contribution is -0.137. The first-order valence-corrected chi connectivity index (χ1v) is 6.73. The van der Waals surface area contributed by atoms with Crippen molar-refractivity contribution in [3.05, 3.63) is 23.3 Å². The van der Waals surface area contributed by atoms with Crippen LogP contribution in [0.4, 0.5) is 8.78 Å². The van der Waals surface area contributed by atoms with E-state index in [1.165, 1.54) is 20.3 Å². The monoisotopic (exact) mass is 300 g/mol. The van der Waals surface area contributed by atoms with Gasteiger partial charge in [0, 0.05) is 0 Å². The van der Waals surface area contributed by atoms with Crippen molar-refractivity contribution in [1.29, 1.82) is 0 Å². The fraction of sp³-hybridized carbons (Fsp3) is 0.533. The molecule has 0 aliphatic heterocycles. The van der Waals surface area contributed by atoms with Crippen molar-refractivity contribution in [2.24, 2.45) is 5.92 Å². The molecule has 116 valence electrons. The third-order valence-corrected chi connectivity index (χ3v) is 3.78. The van der Waals surface area contributed by atoms with Gasteiger partial charge in [-0.1, -0.05) is 0 Å². The van der Waals surface area contributed by atoms with Crippen molar-refractivity contribution in [2.75, 3.05) is 14.2 Å². The Morgan fingerprint density at radius 2 is 2.00 bits per heavy atom. The summed E-state index contributed by atoms with van der Waals surface area (Å²) in [6.45, 7) is 0. The third-order valence-electron chi connectivity index (χ3n) is 3.78. The van der Waals surface area contributed by atoms with Gasteiger partial charge in [0.25, 0.3) is 6.43 Å². The fourth-order valence-corrected chi connectivity index (χ4v) is 2.64. The van der Waals surface area contributed by atoms with Crippen LogP contribution in [0.5, 0.6) is 11.5 Å². The van der Waals surface area contributed by atoms with Gasteiger partial charge < -0.3 is 14.6 Å². The van der Waals surface area contributed by atoms with Gasteiger partial charge in [0.1, 0.15) is 0 Å². The summed E-state index contributed by atoms with van der Waals surface area (Å²) < 4.78 is 36.5. The molecule has 0 amide bonds. The van der Waals surface area contributed by atoms with Gasteiger partial charge >= 0.3 is 5.97 Å². The maximum Gasteiger partial charge on any atom is 0.303 e. The molecule has 1 unspecified atom stereocenters. The number of benzene rings is 1. The Balaban J connectivity index is 2.46. The lowest BCUT2D eigenvalue weighted by atomic mass is 9.89. The molecule has 1 fully saturated rings. The van der Waals surface area contributed by atoms with Crippen LogP contribution in [0.15, 0.2) is 12.1 Å². The zero-order valence-electron chi connectivity index (χ0n) is 11.9. The summed E-state index contributed by atoms with van der Waals surface area (Å²) in [4.78, 5) is 11.0. The quantitative estimate of drug-likeness (QED) is 0.835. The minimum absolute atomic E-state index is 0.00104. The number of hydrogen-bond acceptors (Lipinski definition) is 3. The van der Waals surface area contributed by atoms with E-state index in [-0.39, 0.29) is 35.3 Å². The van der Waals surface area contributed by atoms with E-state index in [0.29, 0.717) is 5.56 Å². The van der Waals surface area contributed by atoms with Crippen molar-refractivity contribution in [2.45, 2.75) is 31.6 Å². The highest BCUT2D eigenvalue weighted by atomic mass is 19.3. The summed E-state index contributed by atoms with van der Waals surface area (Å²) in [6.07, 6.45) is -0.923. The summed E-state index contributed by atoms with van der Waals surface area (Å²) in [5, 5.41) is 9.02. The number of rotatable bonds is 7. The molecule has 1 N–H and O–H groups in total. The second-order valence-electron chi connectivity index (χ2n) is 5.19. The van der Waals surface area contributed by atoms with Crippen LogP contribution in [-0.4, -0.2) is 25.3 Å². The molecule has 0 heterocycles. The number of carbonyl (C=O) groups is 1. The van der Waals surface area contributed by atoms with E-state index >= 15 is 0 Å². The van der Waals surface area contributed by atoms with Crippen molar-refractivity contribution in [3.8, 4) is 11.5 Å². The first-order chi connectivity index (χ1) is 9.97. The van der Waals surface area contributed by atoms with Crippen molar-refractivity contribution >= 4 is 5.97 Å². The van der Waals surface area contributed by atoms with Crippen molar-refractivity contribution in [3.63, 3.8) is 0 Å². The Labute approximate surface area is 121 Å². The number of hydrogen-bond donors (Lipinski definition) is 1. The van der Waals surface area contributed by atoms with Gasteiger partial charge in [0.2, 0.25) is 0 Å². The summed E-state index contributed by atoms with van der Waals surface area (Å²) in [6, 6.07) is 2.95. The van der Waals surface area contributed by atoms with Gasteiger partial charge in [0.05, 0.1) is 26.2 Å². The number of carboxylic acids is 1. The molecular formula is C15H18F2O4. The normalized spacial score (nSPS) is 15.9. The maximum absolute atomic E-state index is 13.2. The van der Waals surface area contributed by atoms with Gasteiger partial charge in [0.15, 0.2) is 11.5 Å². The van der Waals surface area contributed by atoms with Gasteiger partial charge in [-0.25, -0.2) is 8.78 Å². The van der Waals surface area contributed by atoms with Crippen LogP contribution >= 0.6 is 0 Å². The Morgan fingerprint density at radius 3 is 2.43 bits per heavy atom. The van der Waals surface area contributed by atoms with E-state index in [1.54, 1.807) is 6.07 Å². The molecular weight excluding hydrogens is 282 g/mol. The van der Waals surface area contributed by atoms with Gasteiger partial charge in [-0.05, 0) is 42.4 Å². The largest absolute Gasteiger partial charge is 0.493 e. The second-order valence-corrected chi connectivity index (χ2v) is 5.19. The maximum atomic E-state index is 13.2. The number of methoxy groups -OCH3 is 2. The molecule has 0 bridgehead atoms. The van der Waals surface area contributed by atoms with Crippen LogP contribution < -0.4 is 9.47 Å². The van der Waals surface area contributed by atoms with E-state index in [2.05, 4.69) is 0 Å². The molecule has 1 aromatic carbocycles. The van der Waals surface area contributed by atoms with Crippen LogP contribution in [-0.2, 0) is 4.79 Å². The van der Waals surface area contributed by atoms with Crippen LogP contribution in [0.3, 0.4) is 0 Å². The smallest absolute Gasteiger partial charge is 0.303 e. The van der Waals surface area contributed by atoms with E-state index in [1.807, 2.05) is 0 Å². The van der Waals surface area contributed by atoms with Gasteiger partial charge in [-0.3, -0.25) is 4.79 Å². The molecule has 4 nitrogen and oxygen atoms in total. The molecule has 0 radical (unpaired) electrons. The van der Waals surface area contributed by atoms with E-state index in [9.17, 15) is 13.6 Å². The fourth-order valence-electron chi connectivity index (χ4n) is 2.64. The molecule has 6 heteroatoms. The minimum Gasteiger partial charge on any atom is -0.493 e. The molecule has 0 spiro atoms. The molecule has 0 saturated heterocycles. The second kappa shape index (κ2) is 6.28. The summed E-state index contributed by atoms with van der Waals surface area (Å²) in [5.74, 6) is -0.743. The van der Waals surface area contributed by atoms with Crippen LogP contribution in [0.25, 0.3) is 0 Å². The standard InChI is InChI=1S/C15H18F2O4/c1-20-12-6-9(5-11(15(16)17)14(12)21-2)10(7-13(18)19)8-3-4-8/h5-6,8,10,15H,3-4,7H2,1-2H3,(H,18,19). The molecule has 1 aliphatic rings. The first kappa shape index (κ1) is 15.5. The van der Waals surface area contributed by atoms with Crippen LogP contribution in [0.1, 0.15) is 42.7 Å². The zero-order valence-corrected chi connectivity index (χ0v) is 11.9. The highest BCUT2D eigenvalue weighted by Crippen LogP contribution is 2.48. The minimum atomic E-state index is -2.71. The third kappa shape index (κ3) is 3.43. The Hall–Kier alpha value is -1.85. The predicted octanol–water partition coefficient (Wildman–Crippen LogP) is 3.61. The predicted molar refractivity (Wildman–Crippen MR) is 72.2 cm³/mol. The van der Waals surface area contributed by atoms with Gasteiger partial charge in [-0.2, -0.15) is 0 Å². The average Bonchev–Trinajstić information content (AvgIpc) is 3.27. The number of alkyl halides is 2. The van der Waals surface area contributed by atoms with E-state index in [4.69, 9.17) is 14.6 Å². The lowest BCUT2D eigenvalue weighted by Crippen LogP contribution is -2.10. The highest BCUT2D eigenvalue weighted by Gasteiger charge is 2.35. The number of ether oxygens (including phenoxy) is 2. The SMILES string of the molecule is COc1cc(C(CC(=O)O)C2CC2)cc(C(F)F)c1OC. The number of aliphatic carboxylic acids is 1. The first-order valence-electron chi connectivity index (χ1n) is 6.73. The molecule has 1 saturated carbocycles. The number of carboxylic acid groups (broad SMARTS) is 1. The summed E-state index contributed by atoms with van der Waals surface area (Å²) >= 11 is 0. The van der Waals surface area contributed by atoms with Gasteiger partial charge in [-0.15, -0.1) is 0 Å². The Kier molecular flexibility index (Phi) is 4.65. The lowest BCUT2D eigenvalue weighted by Gasteiger charge is -2.19. The highest BCUT2D eigenvalue weighted by molar-refractivity contribution is 5.68. The summed E-state index contributed by atoms with van der Waals surface area (Å²) in [7, 11) is 2.68. The average molecular weight is 300 g/mol. The zero-order chi connectivity index (χ0) is 15.6. The van der Waals surface area contributed by atoms with Crippen molar-refractivity contribution in [1.82, 2.24) is 0 Å². The molecule has 1 aromatic rings. The van der Waals surface area contributed by atoms with E-state index in [0.717, 1.165) is 12.8 Å². The molecule has 0 aromatic heterocycles. The summed E-state index contributed by atoms with van der Waals surface area (Å²) in [5.41, 5.74) is 0.315. The Bertz CT molecular complexity index is 527. The topological polar surface area (TPSA) is 55.8 Å². The Morgan fingerprint density at radius 1 is 1.33 bits per heavy atom. The van der Waals surface area contributed by atoms with Crippen LogP contribution in [0.2, 0.25) is 0 Å². The molecule has 1 atom stereocenters. The number of halogens is 2. The van der Waals surface area contributed by atoms with Crippen LogP contribution in [0, 0.1) is 5.92 Å².